The van der Waals surface area contributed by atoms with Crippen molar-refractivity contribution in [1.29, 1.82) is 0 Å². The van der Waals surface area contributed by atoms with Gasteiger partial charge in [-0.25, -0.2) is 4.79 Å². The number of hydrogen-bond acceptors (Lipinski definition) is 3. The minimum absolute atomic E-state index is 0.466. The van der Waals surface area contributed by atoms with Gasteiger partial charge in [0.15, 0.2) is 0 Å². The van der Waals surface area contributed by atoms with E-state index in [-0.39, 0.29) is 0 Å². The van der Waals surface area contributed by atoms with E-state index >= 15 is 0 Å². The molecular weight excluding hydrogens is 290 g/mol. The molecule has 1 rings (SSSR count). The largest absolute Gasteiger partial charge is 0.444 e. The smallest absolute Gasteiger partial charge is 0.408 e. The molecule has 1 amide bonds. The van der Waals surface area contributed by atoms with Crippen molar-refractivity contribution in [1.82, 2.24) is 5.32 Å². The Hall–Kier alpha value is -1.99. The van der Waals surface area contributed by atoms with Crippen molar-refractivity contribution in [3.8, 4) is 11.8 Å². The number of benzene rings is 1. The van der Waals surface area contributed by atoms with Gasteiger partial charge in [-0.15, -0.1) is 0 Å². The predicted molar refractivity (Wildman–Crippen MR) is 92.3 cm³/mol. The molecule has 0 saturated heterocycles. The summed E-state index contributed by atoms with van der Waals surface area (Å²) in [6, 6.07) is 8.03. The molecule has 1 aromatic rings. The molecular formula is C19H27NO3. The number of carbonyl (C=O) groups excluding carboxylic acids is 1. The second kappa shape index (κ2) is 8.03. The summed E-state index contributed by atoms with van der Waals surface area (Å²) in [4.78, 5) is 11.8. The summed E-state index contributed by atoms with van der Waals surface area (Å²) in [6.45, 7) is 9.88. The molecule has 0 aliphatic carbocycles. The van der Waals surface area contributed by atoms with Gasteiger partial charge in [0.05, 0.1) is 12.1 Å². The van der Waals surface area contributed by atoms with Crippen molar-refractivity contribution in [3.63, 3.8) is 0 Å². The molecule has 0 bridgehead atoms. The van der Waals surface area contributed by atoms with Crippen LogP contribution in [-0.4, -0.2) is 30.9 Å². The highest BCUT2D eigenvalue weighted by atomic mass is 16.6. The zero-order chi connectivity index (χ0) is 17.5. The Balaban J connectivity index is 2.67. The van der Waals surface area contributed by atoms with Crippen LogP contribution >= 0.6 is 0 Å². The topological polar surface area (TPSA) is 47.6 Å². The summed E-state index contributed by atoms with van der Waals surface area (Å²) >= 11 is 0. The van der Waals surface area contributed by atoms with Gasteiger partial charge in [-0.1, -0.05) is 24.0 Å². The van der Waals surface area contributed by atoms with Crippen LogP contribution in [0.1, 0.15) is 45.7 Å². The average molecular weight is 317 g/mol. The highest BCUT2D eigenvalue weighted by Crippen LogP contribution is 2.10. The van der Waals surface area contributed by atoms with E-state index in [1.807, 2.05) is 58.9 Å². The minimum Gasteiger partial charge on any atom is -0.444 e. The van der Waals surface area contributed by atoms with E-state index in [2.05, 4.69) is 17.2 Å². The number of nitrogens with one attached hydrogen (secondary N) is 1. The first-order valence-electron chi connectivity index (χ1n) is 7.73. The van der Waals surface area contributed by atoms with E-state index in [9.17, 15) is 4.79 Å². The maximum atomic E-state index is 11.8. The molecule has 23 heavy (non-hydrogen) atoms. The fourth-order valence-corrected chi connectivity index (χ4v) is 1.79. The van der Waals surface area contributed by atoms with Crippen LogP contribution in [0.5, 0.6) is 0 Å². The summed E-state index contributed by atoms with van der Waals surface area (Å²) in [5, 5.41) is 2.77. The number of carbonyl (C=O) groups is 1. The van der Waals surface area contributed by atoms with E-state index in [0.29, 0.717) is 6.61 Å². The molecule has 1 N–H and O–H groups in total. The first kappa shape index (κ1) is 19.1. The molecule has 0 unspecified atom stereocenters. The van der Waals surface area contributed by atoms with Crippen LogP contribution < -0.4 is 5.32 Å². The number of amides is 1. The van der Waals surface area contributed by atoms with Gasteiger partial charge in [0.1, 0.15) is 5.60 Å². The molecule has 0 atom stereocenters. The third-order valence-corrected chi connectivity index (χ3v) is 2.88. The van der Waals surface area contributed by atoms with Crippen LogP contribution in [0.3, 0.4) is 0 Å². The van der Waals surface area contributed by atoms with Crippen LogP contribution in [-0.2, 0) is 15.9 Å². The number of alkyl carbamates (subject to hydrolysis) is 1. The molecule has 0 spiro atoms. The fourth-order valence-electron chi connectivity index (χ4n) is 1.79. The van der Waals surface area contributed by atoms with Gasteiger partial charge in [0.25, 0.3) is 0 Å². The highest BCUT2D eigenvalue weighted by molar-refractivity contribution is 5.69. The van der Waals surface area contributed by atoms with Crippen molar-refractivity contribution in [3.05, 3.63) is 35.4 Å². The molecule has 0 aliphatic rings. The third kappa shape index (κ3) is 8.27. The van der Waals surface area contributed by atoms with E-state index in [1.54, 1.807) is 7.11 Å². The van der Waals surface area contributed by atoms with Crippen LogP contribution in [0.25, 0.3) is 0 Å². The van der Waals surface area contributed by atoms with E-state index in [0.717, 1.165) is 12.0 Å². The SMILES string of the molecule is COCCc1ccc(C#CC(C)(C)NC(=O)OC(C)(C)C)cc1. The van der Waals surface area contributed by atoms with Crippen molar-refractivity contribution in [2.75, 3.05) is 13.7 Å². The summed E-state index contributed by atoms with van der Waals surface area (Å²) in [7, 11) is 1.69. The fraction of sp³-hybridized carbons (Fsp3) is 0.526. The quantitative estimate of drug-likeness (QED) is 0.864. The van der Waals surface area contributed by atoms with Crippen molar-refractivity contribution < 1.29 is 14.3 Å². The molecule has 4 nitrogen and oxygen atoms in total. The standard InChI is InChI=1S/C19H27NO3/c1-18(2,3)23-17(21)20-19(4,5)13-11-15-7-9-16(10-8-15)12-14-22-6/h7-10H,12,14H2,1-6H3,(H,20,21). The lowest BCUT2D eigenvalue weighted by atomic mass is 10.0. The summed E-state index contributed by atoms with van der Waals surface area (Å²) in [5.74, 6) is 6.15. The normalized spacial score (nSPS) is 11.4. The van der Waals surface area contributed by atoms with Gasteiger partial charge in [0, 0.05) is 12.7 Å². The van der Waals surface area contributed by atoms with Gasteiger partial charge in [-0.2, -0.15) is 0 Å². The maximum absolute atomic E-state index is 11.8. The van der Waals surface area contributed by atoms with Gasteiger partial charge < -0.3 is 14.8 Å². The van der Waals surface area contributed by atoms with E-state index < -0.39 is 17.2 Å². The Morgan fingerprint density at radius 2 is 1.74 bits per heavy atom. The molecule has 0 fully saturated rings. The first-order valence-corrected chi connectivity index (χ1v) is 7.73. The molecule has 0 radical (unpaired) electrons. The molecule has 1 aromatic carbocycles. The Labute approximate surface area is 139 Å². The Bertz CT molecular complexity index is 571. The first-order chi connectivity index (χ1) is 10.6. The molecule has 4 heteroatoms. The average Bonchev–Trinajstić information content (AvgIpc) is 2.41. The van der Waals surface area contributed by atoms with E-state index in [1.165, 1.54) is 5.56 Å². The van der Waals surface area contributed by atoms with Crippen molar-refractivity contribution in [2.24, 2.45) is 0 Å². The summed E-state index contributed by atoms with van der Waals surface area (Å²) in [6.07, 6.45) is 0.419. The number of rotatable bonds is 4. The number of methoxy groups -OCH3 is 1. The number of hydrogen-bond donors (Lipinski definition) is 1. The lowest BCUT2D eigenvalue weighted by Crippen LogP contribution is -2.44. The van der Waals surface area contributed by atoms with Crippen molar-refractivity contribution >= 4 is 6.09 Å². The van der Waals surface area contributed by atoms with Gasteiger partial charge >= 0.3 is 6.09 Å². The molecule has 0 aromatic heterocycles. The van der Waals surface area contributed by atoms with Gasteiger partial charge in [-0.3, -0.25) is 0 Å². The van der Waals surface area contributed by atoms with Crippen LogP contribution in [0, 0.1) is 11.8 Å². The Kier molecular flexibility index (Phi) is 6.65. The van der Waals surface area contributed by atoms with Crippen LogP contribution in [0.4, 0.5) is 4.79 Å². The predicted octanol–water partition coefficient (Wildman–Crippen LogP) is 3.53. The zero-order valence-electron chi connectivity index (χ0n) is 14.9. The lowest BCUT2D eigenvalue weighted by Gasteiger charge is -2.24. The van der Waals surface area contributed by atoms with Gasteiger partial charge in [-0.05, 0) is 58.7 Å². The monoisotopic (exact) mass is 317 g/mol. The molecule has 0 saturated carbocycles. The Morgan fingerprint density at radius 3 is 2.26 bits per heavy atom. The van der Waals surface area contributed by atoms with Gasteiger partial charge in [0.2, 0.25) is 0 Å². The Morgan fingerprint density at radius 1 is 1.13 bits per heavy atom. The van der Waals surface area contributed by atoms with Crippen LogP contribution in [0.15, 0.2) is 24.3 Å². The lowest BCUT2D eigenvalue weighted by molar-refractivity contribution is 0.0494. The third-order valence-electron chi connectivity index (χ3n) is 2.88. The molecule has 0 heterocycles. The second-order valence-corrected chi connectivity index (χ2v) is 6.94. The zero-order valence-corrected chi connectivity index (χ0v) is 14.9. The van der Waals surface area contributed by atoms with Crippen LogP contribution in [0.2, 0.25) is 0 Å². The van der Waals surface area contributed by atoms with Crippen molar-refractivity contribution in [2.45, 2.75) is 52.2 Å². The second-order valence-electron chi connectivity index (χ2n) is 6.94. The maximum Gasteiger partial charge on any atom is 0.408 e. The highest BCUT2D eigenvalue weighted by Gasteiger charge is 2.22. The van der Waals surface area contributed by atoms with E-state index in [4.69, 9.17) is 9.47 Å². The summed E-state index contributed by atoms with van der Waals surface area (Å²) < 4.78 is 10.3. The minimum atomic E-state index is -0.670. The molecule has 126 valence electrons. The number of ether oxygens (including phenoxy) is 2. The summed E-state index contributed by atoms with van der Waals surface area (Å²) in [5.41, 5.74) is 0.927. The molecule has 0 aliphatic heterocycles.